The lowest BCUT2D eigenvalue weighted by atomic mass is 10.1. The summed E-state index contributed by atoms with van der Waals surface area (Å²) in [7, 11) is 0. The number of halogens is 3. The van der Waals surface area contributed by atoms with E-state index in [0.29, 0.717) is 10.9 Å². The van der Waals surface area contributed by atoms with Crippen molar-refractivity contribution in [3.63, 3.8) is 0 Å². The van der Waals surface area contributed by atoms with Crippen molar-refractivity contribution in [2.45, 2.75) is 12.8 Å². The third-order valence-corrected chi connectivity index (χ3v) is 3.03. The lowest BCUT2D eigenvalue weighted by Gasteiger charge is -2.07. The zero-order valence-corrected chi connectivity index (χ0v) is 10.5. The molecule has 0 spiro atoms. The molecule has 1 nitrogen and oxygen atoms in total. The number of rotatable bonds is 1. The summed E-state index contributed by atoms with van der Waals surface area (Å²) in [6.45, 7) is 1.99. The van der Waals surface area contributed by atoms with Gasteiger partial charge < -0.3 is 0 Å². The van der Waals surface area contributed by atoms with Crippen LogP contribution in [0, 0.1) is 6.92 Å². The minimum atomic E-state index is 0. The number of benzene rings is 1. The SMILES string of the molecule is Cc1c(Cl)c(CCl)nc2ccccc12.Cl. The first-order valence-electron chi connectivity index (χ1n) is 4.33. The van der Waals surface area contributed by atoms with Gasteiger partial charge in [0.05, 0.1) is 22.1 Å². The second-order valence-electron chi connectivity index (χ2n) is 3.15. The van der Waals surface area contributed by atoms with Crippen LogP contribution in [-0.4, -0.2) is 4.98 Å². The maximum absolute atomic E-state index is 6.13. The Balaban J connectivity index is 0.00000112. The van der Waals surface area contributed by atoms with Gasteiger partial charge in [-0.05, 0) is 18.6 Å². The lowest BCUT2D eigenvalue weighted by molar-refractivity contribution is 1.20. The first-order chi connectivity index (χ1) is 6.74. The largest absolute Gasteiger partial charge is 0.250 e. The van der Waals surface area contributed by atoms with Crippen molar-refractivity contribution in [2.24, 2.45) is 0 Å². The summed E-state index contributed by atoms with van der Waals surface area (Å²) in [6, 6.07) is 7.92. The maximum atomic E-state index is 6.13. The molecule has 0 aliphatic heterocycles. The number of nitrogens with zero attached hydrogens (tertiary/aromatic N) is 1. The van der Waals surface area contributed by atoms with Gasteiger partial charge in [-0.1, -0.05) is 29.8 Å². The van der Waals surface area contributed by atoms with Crippen LogP contribution in [0.4, 0.5) is 0 Å². The predicted octanol–water partition coefficient (Wildman–Crippen LogP) is 4.36. The highest BCUT2D eigenvalue weighted by atomic mass is 35.5. The first-order valence-corrected chi connectivity index (χ1v) is 5.25. The average molecular weight is 263 g/mol. The number of aromatic nitrogens is 1. The molecule has 0 saturated carbocycles. The number of pyridine rings is 1. The second kappa shape index (κ2) is 5.02. The molecule has 2 rings (SSSR count). The van der Waals surface area contributed by atoms with E-state index in [1.807, 2.05) is 31.2 Å². The molecule has 1 aromatic carbocycles. The Morgan fingerprint density at radius 3 is 2.60 bits per heavy atom. The van der Waals surface area contributed by atoms with Crippen LogP contribution < -0.4 is 0 Å². The second-order valence-corrected chi connectivity index (χ2v) is 3.79. The molecule has 0 fully saturated rings. The highest BCUT2D eigenvalue weighted by Gasteiger charge is 2.08. The molecule has 0 N–H and O–H groups in total. The van der Waals surface area contributed by atoms with Crippen molar-refractivity contribution in [1.29, 1.82) is 0 Å². The Labute approximate surface area is 105 Å². The molecular weight excluding hydrogens is 252 g/mol. The molecule has 0 radical (unpaired) electrons. The van der Waals surface area contributed by atoms with Gasteiger partial charge in [-0.15, -0.1) is 24.0 Å². The van der Waals surface area contributed by atoms with Gasteiger partial charge in [0.15, 0.2) is 0 Å². The third kappa shape index (κ3) is 2.20. The van der Waals surface area contributed by atoms with Gasteiger partial charge in [0.1, 0.15) is 0 Å². The van der Waals surface area contributed by atoms with Crippen LogP contribution in [0.1, 0.15) is 11.3 Å². The van der Waals surface area contributed by atoms with Crippen LogP contribution in [-0.2, 0) is 5.88 Å². The molecule has 2 aromatic rings. The molecule has 0 bridgehead atoms. The molecule has 1 heterocycles. The van der Waals surface area contributed by atoms with Gasteiger partial charge in [-0.25, -0.2) is 4.98 Å². The van der Waals surface area contributed by atoms with Crippen molar-refractivity contribution in [3.8, 4) is 0 Å². The Bertz CT molecular complexity index is 482. The molecule has 0 aliphatic carbocycles. The summed E-state index contributed by atoms with van der Waals surface area (Å²) in [5.41, 5.74) is 2.75. The van der Waals surface area contributed by atoms with E-state index in [1.54, 1.807) is 0 Å². The molecule has 0 atom stereocenters. The standard InChI is InChI=1S/C11H9Cl2N.ClH/c1-7-8-4-2-3-5-9(8)14-10(6-12)11(7)13;/h2-5H,6H2,1H3;1H. The smallest absolute Gasteiger partial charge is 0.0747 e. The molecule has 0 amide bonds. The van der Waals surface area contributed by atoms with E-state index in [4.69, 9.17) is 23.2 Å². The molecule has 1 aromatic heterocycles. The molecule has 80 valence electrons. The van der Waals surface area contributed by atoms with Crippen LogP contribution in [0.5, 0.6) is 0 Å². The van der Waals surface area contributed by atoms with Gasteiger partial charge in [0.2, 0.25) is 0 Å². The highest BCUT2D eigenvalue weighted by Crippen LogP contribution is 2.27. The molecular formula is C11H10Cl3N. The van der Waals surface area contributed by atoms with Gasteiger partial charge in [-0.2, -0.15) is 0 Å². The van der Waals surface area contributed by atoms with Crippen LogP contribution >= 0.6 is 35.6 Å². The van der Waals surface area contributed by atoms with Gasteiger partial charge in [-0.3, -0.25) is 0 Å². The van der Waals surface area contributed by atoms with Crippen molar-refractivity contribution in [3.05, 3.63) is 40.5 Å². The zero-order chi connectivity index (χ0) is 10.1. The molecule has 0 aliphatic rings. The summed E-state index contributed by atoms with van der Waals surface area (Å²) in [4.78, 5) is 4.39. The van der Waals surface area contributed by atoms with Crippen LogP contribution in [0.25, 0.3) is 10.9 Å². The van der Waals surface area contributed by atoms with Gasteiger partial charge in [0.25, 0.3) is 0 Å². The topological polar surface area (TPSA) is 12.9 Å². The number of hydrogen-bond donors (Lipinski definition) is 0. The minimum Gasteiger partial charge on any atom is -0.250 e. The Hall–Kier alpha value is -0.500. The predicted molar refractivity (Wildman–Crippen MR) is 68.3 cm³/mol. The molecule has 15 heavy (non-hydrogen) atoms. The summed E-state index contributed by atoms with van der Waals surface area (Å²) in [5, 5.41) is 1.77. The average Bonchev–Trinajstić information content (AvgIpc) is 2.23. The Kier molecular flexibility index (Phi) is 4.21. The summed E-state index contributed by atoms with van der Waals surface area (Å²) in [5.74, 6) is 0.352. The summed E-state index contributed by atoms with van der Waals surface area (Å²) in [6.07, 6.45) is 0. The van der Waals surface area contributed by atoms with E-state index in [-0.39, 0.29) is 12.4 Å². The van der Waals surface area contributed by atoms with E-state index in [0.717, 1.165) is 22.2 Å². The van der Waals surface area contributed by atoms with Gasteiger partial charge >= 0.3 is 0 Å². The fourth-order valence-electron chi connectivity index (χ4n) is 1.51. The Morgan fingerprint density at radius 2 is 1.93 bits per heavy atom. The number of hydrogen-bond acceptors (Lipinski definition) is 1. The van der Waals surface area contributed by atoms with Crippen LogP contribution in [0.3, 0.4) is 0 Å². The number of alkyl halides is 1. The van der Waals surface area contributed by atoms with E-state index in [2.05, 4.69) is 4.98 Å². The number of fused-ring (bicyclic) bond motifs is 1. The quantitative estimate of drug-likeness (QED) is 0.696. The van der Waals surface area contributed by atoms with Crippen LogP contribution in [0.2, 0.25) is 5.02 Å². The van der Waals surface area contributed by atoms with Crippen molar-refractivity contribution in [2.75, 3.05) is 0 Å². The fraction of sp³-hybridized carbons (Fsp3) is 0.182. The van der Waals surface area contributed by atoms with E-state index in [9.17, 15) is 0 Å². The van der Waals surface area contributed by atoms with E-state index < -0.39 is 0 Å². The van der Waals surface area contributed by atoms with Gasteiger partial charge in [0, 0.05) is 5.39 Å². The van der Waals surface area contributed by atoms with E-state index >= 15 is 0 Å². The number of para-hydroxylation sites is 1. The van der Waals surface area contributed by atoms with E-state index in [1.165, 1.54) is 0 Å². The first kappa shape index (κ1) is 12.6. The van der Waals surface area contributed by atoms with Crippen molar-refractivity contribution >= 4 is 46.5 Å². The summed E-state index contributed by atoms with van der Waals surface area (Å²) < 4.78 is 0. The minimum absolute atomic E-state index is 0. The highest BCUT2D eigenvalue weighted by molar-refractivity contribution is 6.33. The Morgan fingerprint density at radius 1 is 1.27 bits per heavy atom. The lowest BCUT2D eigenvalue weighted by Crippen LogP contribution is -1.92. The molecule has 0 saturated heterocycles. The monoisotopic (exact) mass is 261 g/mol. The third-order valence-electron chi connectivity index (χ3n) is 2.27. The normalized spacial score (nSPS) is 10.1. The van der Waals surface area contributed by atoms with Crippen LogP contribution in [0.15, 0.2) is 24.3 Å². The number of aryl methyl sites for hydroxylation is 1. The maximum Gasteiger partial charge on any atom is 0.0747 e. The van der Waals surface area contributed by atoms with Crippen molar-refractivity contribution < 1.29 is 0 Å². The fourth-order valence-corrected chi connectivity index (χ4v) is 1.98. The summed E-state index contributed by atoms with van der Waals surface area (Å²) >= 11 is 11.9. The zero-order valence-electron chi connectivity index (χ0n) is 8.13. The van der Waals surface area contributed by atoms with Crippen molar-refractivity contribution in [1.82, 2.24) is 4.98 Å². The molecule has 0 unspecified atom stereocenters. The molecule has 4 heteroatoms.